The van der Waals surface area contributed by atoms with Gasteiger partial charge in [-0.2, -0.15) is 0 Å². The molecule has 5 heteroatoms. The first-order valence-corrected chi connectivity index (χ1v) is 7.22. The molecule has 116 valence electrons. The van der Waals surface area contributed by atoms with Crippen LogP contribution in [0.25, 0.3) is 0 Å². The van der Waals surface area contributed by atoms with Gasteiger partial charge in [-0.3, -0.25) is 4.90 Å². The van der Waals surface area contributed by atoms with Crippen LogP contribution in [0.1, 0.15) is 32.8 Å². The minimum atomic E-state index is -1.00. The Morgan fingerprint density at radius 1 is 1.24 bits per heavy atom. The van der Waals surface area contributed by atoms with Crippen LogP contribution in [0.15, 0.2) is 24.3 Å². The molecule has 0 radical (unpaired) electrons. The first-order chi connectivity index (χ1) is 9.85. The predicted molar refractivity (Wildman–Crippen MR) is 83.6 cm³/mol. The fraction of sp³-hybridized carbons (Fsp3) is 0.500. The van der Waals surface area contributed by atoms with Gasteiger partial charge < -0.3 is 10.4 Å². The summed E-state index contributed by atoms with van der Waals surface area (Å²) in [4.78, 5) is 25.1. The van der Waals surface area contributed by atoms with Crippen LogP contribution in [0.5, 0.6) is 0 Å². The topological polar surface area (TPSA) is 69.6 Å². The lowest BCUT2D eigenvalue weighted by Gasteiger charge is -2.24. The summed E-state index contributed by atoms with van der Waals surface area (Å²) >= 11 is 0. The van der Waals surface area contributed by atoms with Crippen molar-refractivity contribution in [2.75, 3.05) is 11.4 Å². The summed E-state index contributed by atoms with van der Waals surface area (Å²) in [6, 6.07) is 6.32. The number of aliphatic carboxylic acids is 1. The van der Waals surface area contributed by atoms with Gasteiger partial charge in [0, 0.05) is 12.2 Å². The summed E-state index contributed by atoms with van der Waals surface area (Å²) in [6.45, 7) is 8.17. The molecule has 0 heterocycles. The van der Waals surface area contributed by atoms with Gasteiger partial charge in [0.2, 0.25) is 0 Å². The number of hydrogen-bond donors (Lipinski definition) is 2. The number of amides is 2. The zero-order valence-electron chi connectivity index (χ0n) is 13.1. The number of benzene rings is 1. The number of carboxylic acids is 1. The molecule has 0 spiro atoms. The van der Waals surface area contributed by atoms with E-state index in [2.05, 4.69) is 5.32 Å². The Morgan fingerprint density at radius 3 is 2.24 bits per heavy atom. The van der Waals surface area contributed by atoms with Crippen LogP contribution in [0, 0.1) is 12.8 Å². The maximum atomic E-state index is 12.3. The Hall–Kier alpha value is -2.04. The van der Waals surface area contributed by atoms with Crippen molar-refractivity contribution in [2.24, 2.45) is 5.92 Å². The normalized spacial score (nSPS) is 12.0. The van der Waals surface area contributed by atoms with E-state index in [1.807, 2.05) is 52.0 Å². The third kappa shape index (κ3) is 5.10. The monoisotopic (exact) mass is 292 g/mol. The number of hydrogen-bond acceptors (Lipinski definition) is 2. The number of urea groups is 1. The lowest BCUT2D eigenvalue weighted by Crippen LogP contribution is -2.48. The minimum Gasteiger partial charge on any atom is -0.480 e. The SMILES string of the molecule is CCN(C(=O)N[C@@H](CC(C)C)C(=O)O)c1ccc(C)cc1. The van der Waals surface area contributed by atoms with E-state index in [-0.39, 0.29) is 11.9 Å². The highest BCUT2D eigenvalue weighted by Gasteiger charge is 2.24. The van der Waals surface area contributed by atoms with Crippen LogP contribution in [-0.2, 0) is 4.79 Å². The fourth-order valence-corrected chi connectivity index (χ4v) is 2.09. The van der Waals surface area contributed by atoms with Gasteiger partial charge in [-0.05, 0) is 38.3 Å². The first kappa shape index (κ1) is 17.0. The molecule has 1 aromatic rings. The van der Waals surface area contributed by atoms with Crippen molar-refractivity contribution < 1.29 is 14.7 Å². The summed E-state index contributed by atoms with van der Waals surface area (Å²) in [5.41, 5.74) is 1.87. The molecule has 2 N–H and O–H groups in total. The second-order valence-electron chi connectivity index (χ2n) is 5.55. The van der Waals surface area contributed by atoms with Gasteiger partial charge in [-0.1, -0.05) is 31.5 Å². The smallest absolute Gasteiger partial charge is 0.326 e. The number of nitrogens with one attached hydrogen (secondary N) is 1. The van der Waals surface area contributed by atoms with Gasteiger partial charge in [-0.15, -0.1) is 0 Å². The van der Waals surface area contributed by atoms with E-state index in [9.17, 15) is 14.7 Å². The van der Waals surface area contributed by atoms with E-state index in [1.54, 1.807) is 0 Å². The molecule has 0 aliphatic heterocycles. The summed E-state index contributed by atoms with van der Waals surface area (Å²) in [5, 5.41) is 11.8. The molecular formula is C16H24N2O3. The van der Waals surface area contributed by atoms with E-state index in [0.717, 1.165) is 11.3 Å². The molecule has 0 fully saturated rings. The van der Waals surface area contributed by atoms with Crippen molar-refractivity contribution in [3.05, 3.63) is 29.8 Å². The van der Waals surface area contributed by atoms with Crippen LogP contribution in [0.4, 0.5) is 10.5 Å². The number of carbonyl (C=O) groups excluding carboxylic acids is 1. The highest BCUT2D eigenvalue weighted by atomic mass is 16.4. The molecule has 21 heavy (non-hydrogen) atoms. The van der Waals surface area contributed by atoms with Gasteiger partial charge in [0.1, 0.15) is 6.04 Å². The Bertz CT molecular complexity index is 483. The third-order valence-corrected chi connectivity index (χ3v) is 3.21. The average molecular weight is 292 g/mol. The zero-order valence-corrected chi connectivity index (χ0v) is 13.1. The number of rotatable bonds is 6. The van der Waals surface area contributed by atoms with Crippen molar-refractivity contribution in [1.82, 2.24) is 5.32 Å². The Balaban J connectivity index is 2.82. The Kier molecular flexibility index (Phi) is 6.21. The fourth-order valence-electron chi connectivity index (χ4n) is 2.09. The van der Waals surface area contributed by atoms with E-state index in [0.29, 0.717) is 13.0 Å². The molecule has 0 aliphatic rings. The maximum Gasteiger partial charge on any atom is 0.326 e. The third-order valence-electron chi connectivity index (χ3n) is 3.21. The van der Waals surface area contributed by atoms with Crippen LogP contribution in [0.2, 0.25) is 0 Å². The summed E-state index contributed by atoms with van der Waals surface area (Å²) in [7, 11) is 0. The summed E-state index contributed by atoms with van der Waals surface area (Å²) in [6.07, 6.45) is 0.409. The van der Waals surface area contributed by atoms with Crippen molar-refractivity contribution in [3.63, 3.8) is 0 Å². The molecule has 0 saturated heterocycles. The van der Waals surface area contributed by atoms with Gasteiger partial charge in [0.05, 0.1) is 0 Å². The molecule has 0 unspecified atom stereocenters. The molecule has 2 amide bonds. The molecular weight excluding hydrogens is 268 g/mol. The molecule has 0 aromatic heterocycles. The number of carbonyl (C=O) groups is 2. The average Bonchev–Trinajstić information content (AvgIpc) is 2.40. The van der Waals surface area contributed by atoms with E-state index >= 15 is 0 Å². The van der Waals surface area contributed by atoms with Crippen molar-refractivity contribution >= 4 is 17.7 Å². The second kappa shape index (κ2) is 7.67. The summed E-state index contributed by atoms with van der Waals surface area (Å²) in [5.74, 6) is -0.808. The lowest BCUT2D eigenvalue weighted by molar-refractivity contribution is -0.139. The van der Waals surface area contributed by atoms with Gasteiger partial charge >= 0.3 is 12.0 Å². The van der Waals surface area contributed by atoms with Gasteiger partial charge in [-0.25, -0.2) is 9.59 Å². The largest absolute Gasteiger partial charge is 0.480 e. The Morgan fingerprint density at radius 2 is 1.81 bits per heavy atom. The molecule has 0 saturated carbocycles. The van der Waals surface area contributed by atoms with Crippen molar-refractivity contribution in [3.8, 4) is 0 Å². The number of carboxylic acid groups (broad SMARTS) is 1. The number of anilines is 1. The van der Waals surface area contributed by atoms with Crippen LogP contribution < -0.4 is 10.2 Å². The Labute approximate surface area is 126 Å². The van der Waals surface area contributed by atoms with Crippen LogP contribution in [-0.4, -0.2) is 29.7 Å². The highest BCUT2D eigenvalue weighted by molar-refractivity contribution is 5.94. The zero-order chi connectivity index (χ0) is 16.0. The molecule has 0 aliphatic carbocycles. The summed E-state index contributed by atoms with van der Waals surface area (Å²) < 4.78 is 0. The van der Waals surface area contributed by atoms with E-state index < -0.39 is 12.0 Å². The van der Waals surface area contributed by atoms with E-state index in [4.69, 9.17) is 0 Å². The maximum absolute atomic E-state index is 12.3. The van der Waals surface area contributed by atoms with Crippen molar-refractivity contribution in [1.29, 1.82) is 0 Å². The van der Waals surface area contributed by atoms with Crippen LogP contribution in [0.3, 0.4) is 0 Å². The molecule has 1 aromatic carbocycles. The number of aryl methyl sites for hydroxylation is 1. The predicted octanol–water partition coefficient (Wildman–Crippen LogP) is 3.03. The molecule has 1 atom stereocenters. The first-order valence-electron chi connectivity index (χ1n) is 7.22. The number of nitrogens with zero attached hydrogens (tertiary/aromatic N) is 1. The van der Waals surface area contributed by atoms with E-state index in [1.165, 1.54) is 4.90 Å². The second-order valence-corrected chi connectivity index (χ2v) is 5.55. The molecule has 1 rings (SSSR count). The highest BCUT2D eigenvalue weighted by Crippen LogP contribution is 2.15. The minimum absolute atomic E-state index is 0.195. The van der Waals surface area contributed by atoms with Gasteiger partial charge in [0.15, 0.2) is 0 Å². The molecule has 0 bridgehead atoms. The standard InChI is InChI=1S/C16H24N2O3/c1-5-18(13-8-6-12(4)7-9-13)16(21)17-14(15(19)20)10-11(2)3/h6-9,11,14H,5,10H2,1-4H3,(H,17,21)(H,19,20)/t14-/m0/s1. The van der Waals surface area contributed by atoms with Gasteiger partial charge in [0.25, 0.3) is 0 Å². The quantitative estimate of drug-likeness (QED) is 0.846. The lowest BCUT2D eigenvalue weighted by atomic mass is 10.0. The molecule has 5 nitrogen and oxygen atoms in total. The van der Waals surface area contributed by atoms with Crippen LogP contribution >= 0.6 is 0 Å². The van der Waals surface area contributed by atoms with Crippen molar-refractivity contribution in [2.45, 2.75) is 40.2 Å².